The summed E-state index contributed by atoms with van der Waals surface area (Å²) in [5.41, 5.74) is 0. The van der Waals surface area contributed by atoms with Crippen molar-refractivity contribution in [2.24, 2.45) is 0 Å². The van der Waals surface area contributed by atoms with E-state index in [4.69, 9.17) is 0 Å². The molecule has 0 unspecified atom stereocenters. The minimum absolute atomic E-state index is 0.0462. The summed E-state index contributed by atoms with van der Waals surface area (Å²) >= 11 is 0. The van der Waals surface area contributed by atoms with E-state index in [-0.39, 0.29) is 18.0 Å². The lowest BCUT2D eigenvalue weighted by molar-refractivity contribution is -0.129. The summed E-state index contributed by atoms with van der Waals surface area (Å²) < 4.78 is 0. The molecule has 0 aromatic heterocycles. The Labute approximate surface area is 80.9 Å². The number of hydrogen-bond donors (Lipinski definition) is 0. The quantitative estimate of drug-likeness (QED) is 0.481. The third-order valence-electron chi connectivity index (χ3n) is 1.74. The average Bonchev–Trinajstić information content (AvgIpc) is 1.99. The molecule has 0 N–H and O–H groups in total. The molecule has 0 saturated heterocycles. The molecule has 0 heterocycles. The minimum atomic E-state index is 0.0462. The van der Waals surface area contributed by atoms with E-state index < -0.39 is 0 Å². The van der Waals surface area contributed by atoms with E-state index in [9.17, 15) is 4.79 Å². The van der Waals surface area contributed by atoms with Gasteiger partial charge in [-0.15, -0.1) is 0 Å². The van der Waals surface area contributed by atoms with E-state index in [2.05, 4.69) is 6.58 Å². The van der Waals surface area contributed by atoms with Crippen molar-refractivity contribution in [3.8, 4) is 0 Å². The molecular formula is C11H19NO. The van der Waals surface area contributed by atoms with E-state index >= 15 is 0 Å². The Morgan fingerprint density at radius 3 is 2.00 bits per heavy atom. The van der Waals surface area contributed by atoms with E-state index in [0.29, 0.717) is 0 Å². The van der Waals surface area contributed by atoms with E-state index in [1.165, 1.54) is 0 Å². The van der Waals surface area contributed by atoms with Crippen molar-refractivity contribution < 1.29 is 4.79 Å². The van der Waals surface area contributed by atoms with Gasteiger partial charge in [0.25, 0.3) is 0 Å². The van der Waals surface area contributed by atoms with Crippen molar-refractivity contribution in [2.75, 3.05) is 0 Å². The third-order valence-corrected chi connectivity index (χ3v) is 1.74. The molecular weight excluding hydrogens is 162 g/mol. The Kier molecular flexibility index (Phi) is 5.12. The van der Waals surface area contributed by atoms with Gasteiger partial charge >= 0.3 is 0 Å². The zero-order valence-corrected chi connectivity index (χ0v) is 8.95. The highest BCUT2D eigenvalue weighted by Crippen LogP contribution is 2.05. The summed E-state index contributed by atoms with van der Waals surface area (Å²) in [4.78, 5) is 13.4. The fourth-order valence-electron chi connectivity index (χ4n) is 1.34. The van der Waals surface area contributed by atoms with Gasteiger partial charge < -0.3 is 4.90 Å². The molecule has 74 valence electrons. The highest BCUT2D eigenvalue weighted by molar-refractivity contribution is 5.88. The number of carbonyl (C=O) groups is 1. The van der Waals surface area contributed by atoms with Gasteiger partial charge in [0.15, 0.2) is 0 Å². The van der Waals surface area contributed by atoms with Gasteiger partial charge in [-0.05, 0) is 27.7 Å². The van der Waals surface area contributed by atoms with Crippen molar-refractivity contribution in [1.29, 1.82) is 0 Å². The van der Waals surface area contributed by atoms with Gasteiger partial charge in [-0.3, -0.25) is 4.79 Å². The summed E-state index contributed by atoms with van der Waals surface area (Å²) in [6.07, 6.45) is 4.82. The van der Waals surface area contributed by atoms with Crippen LogP contribution in [0.4, 0.5) is 0 Å². The first-order valence-corrected chi connectivity index (χ1v) is 4.62. The Bertz CT molecular complexity index is 196. The monoisotopic (exact) mass is 181 g/mol. The van der Waals surface area contributed by atoms with Crippen LogP contribution < -0.4 is 0 Å². The highest BCUT2D eigenvalue weighted by Gasteiger charge is 2.16. The fraction of sp³-hybridized carbons (Fsp3) is 0.545. The predicted octanol–water partition coefficient (Wildman–Crippen LogP) is 2.37. The van der Waals surface area contributed by atoms with Gasteiger partial charge in [-0.25, -0.2) is 0 Å². The first kappa shape index (κ1) is 11.9. The van der Waals surface area contributed by atoms with Crippen LogP contribution in [-0.4, -0.2) is 22.9 Å². The second kappa shape index (κ2) is 5.57. The van der Waals surface area contributed by atoms with Crippen LogP contribution in [0.2, 0.25) is 0 Å². The number of amides is 1. The normalized spacial score (nSPS) is 11.2. The highest BCUT2D eigenvalue weighted by atomic mass is 16.2. The molecule has 13 heavy (non-hydrogen) atoms. The molecule has 1 amide bonds. The smallest absolute Gasteiger partial charge is 0.247 e. The Balaban J connectivity index is 4.46. The zero-order valence-electron chi connectivity index (χ0n) is 8.95. The van der Waals surface area contributed by atoms with Gasteiger partial charge in [0.2, 0.25) is 5.91 Å². The molecule has 0 rings (SSSR count). The number of hydrogen-bond acceptors (Lipinski definition) is 1. The van der Waals surface area contributed by atoms with Crippen LogP contribution in [0, 0.1) is 0 Å². The second-order valence-corrected chi connectivity index (χ2v) is 3.53. The SMILES string of the molecule is C=C/C=C/C(=O)N(C(C)C)C(C)C. The molecule has 0 bridgehead atoms. The molecule has 0 aliphatic heterocycles. The van der Waals surface area contributed by atoms with Gasteiger partial charge in [0, 0.05) is 18.2 Å². The molecule has 2 heteroatoms. The lowest BCUT2D eigenvalue weighted by Crippen LogP contribution is -2.41. The summed E-state index contributed by atoms with van der Waals surface area (Å²) in [5, 5.41) is 0. The second-order valence-electron chi connectivity index (χ2n) is 3.53. The molecule has 0 aliphatic rings. The maximum atomic E-state index is 11.6. The first-order valence-electron chi connectivity index (χ1n) is 4.62. The van der Waals surface area contributed by atoms with Gasteiger partial charge in [-0.1, -0.05) is 18.7 Å². The molecule has 2 nitrogen and oxygen atoms in total. The maximum Gasteiger partial charge on any atom is 0.247 e. The molecule has 0 aliphatic carbocycles. The standard InChI is InChI=1S/C11H19NO/c1-6-7-8-11(13)12(9(2)3)10(4)5/h6-10H,1H2,2-5H3/b8-7+. The van der Waals surface area contributed by atoms with Crippen molar-refractivity contribution in [3.05, 3.63) is 24.8 Å². The molecule has 0 spiro atoms. The van der Waals surface area contributed by atoms with Crippen LogP contribution in [0.1, 0.15) is 27.7 Å². The Hall–Kier alpha value is -1.05. The van der Waals surface area contributed by atoms with Crippen LogP contribution in [-0.2, 0) is 4.79 Å². The lowest BCUT2D eigenvalue weighted by Gasteiger charge is -2.29. The summed E-state index contributed by atoms with van der Waals surface area (Å²) in [6, 6.07) is 0.476. The van der Waals surface area contributed by atoms with Gasteiger partial charge in [-0.2, -0.15) is 0 Å². The first-order chi connectivity index (χ1) is 6.00. The molecule has 0 atom stereocenters. The Morgan fingerprint density at radius 2 is 1.69 bits per heavy atom. The van der Waals surface area contributed by atoms with E-state index in [1.54, 1.807) is 18.2 Å². The number of nitrogens with zero attached hydrogens (tertiary/aromatic N) is 1. The largest absolute Gasteiger partial charge is 0.334 e. The van der Waals surface area contributed by atoms with Crippen molar-refractivity contribution >= 4 is 5.91 Å². The molecule has 0 aromatic rings. The topological polar surface area (TPSA) is 20.3 Å². The van der Waals surface area contributed by atoms with Crippen molar-refractivity contribution in [1.82, 2.24) is 4.90 Å². The van der Waals surface area contributed by atoms with Crippen LogP contribution in [0.5, 0.6) is 0 Å². The van der Waals surface area contributed by atoms with Crippen LogP contribution >= 0.6 is 0 Å². The average molecular weight is 181 g/mol. The summed E-state index contributed by atoms with van der Waals surface area (Å²) in [7, 11) is 0. The zero-order chi connectivity index (χ0) is 10.4. The molecule has 0 aromatic carbocycles. The van der Waals surface area contributed by atoms with Crippen molar-refractivity contribution in [2.45, 2.75) is 39.8 Å². The number of allylic oxidation sites excluding steroid dienone is 2. The third kappa shape index (κ3) is 3.92. The molecule has 0 radical (unpaired) electrons. The van der Waals surface area contributed by atoms with E-state index in [0.717, 1.165) is 0 Å². The van der Waals surface area contributed by atoms with Crippen molar-refractivity contribution in [3.63, 3.8) is 0 Å². The Morgan fingerprint density at radius 1 is 1.23 bits per heavy atom. The summed E-state index contributed by atoms with van der Waals surface area (Å²) in [5.74, 6) is 0.0462. The molecule has 0 fully saturated rings. The van der Waals surface area contributed by atoms with E-state index in [1.807, 2.05) is 32.6 Å². The lowest BCUT2D eigenvalue weighted by atomic mass is 10.2. The number of carbonyl (C=O) groups excluding carboxylic acids is 1. The van der Waals surface area contributed by atoms with Gasteiger partial charge in [0.1, 0.15) is 0 Å². The van der Waals surface area contributed by atoms with Gasteiger partial charge in [0.05, 0.1) is 0 Å². The maximum absolute atomic E-state index is 11.6. The molecule has 0 saturated carbocycles. The minimum Gasteiger partial charge on any atom is -0.334 e. The fourth-order valence-corrected chi connectivity index (χ4v) is 1.34. The predicted molar refractivity (Wildman–Crippen MR) is 56.5 cm³/mol. The van der Waals surface area contributed by atoms with Crippen LogP contribution in [0.25, 0.3) is 0 Å². The van der Waals surface area contributed by atoms with Crippen LogP contribution in [0.3, 0.4) is 0 Å². The summed E-state index contributed by atoms with van der Waals surface area (Å²) in [6.45, 7) is 11.6. The van der Waals surface area contributed by atoms with Crippen LogP contribution in [0.15, 0.2) is 24.8 Å². The number of rotatable bonds is 4.